The minimum Gasteiger partial charge on any atom is -0.308 e. The van der Waals surface area contributed by atoms with E-state index in [1.165, 1.54) is 0 Å². The summed E-state index contributed by atoms with van der Waals surface area (Å²) in [5.41, 5.74) is 1.27. The van der Waals surface area contributed by atoms with Gasteiger partial charge in [0.2, 0.25) is 0 Å². The van der Waals surface area contributed by atoms with E-state index < -0.39 is 5.67 Å². The van der Waals surface area contributed by atoms with Crippen molar-refractivity contribution in [1.82, 2.24) is 5.32 Å². The van der Waals surface area contributed by atoms with Crippen LogP contribution >= 0.6 is 0 Å². The summed E-state index contributed by atoms with van der Waals surface area (Å²) >= 11 is 0. The molecule has 0 heterocycles. The molecule has 0 aromatic rings. The predicted molar refractivity (Wildman–Crippen MR) is 103 cm³/mol. The predicted octanol–water partition coefficient (Wildman–Crippen LogP) is 6.82. The fraction of sp³-hybridized carbons (Fsp3) is 0.714. The highest BCUT2D eigenvalue weighted by molar-refractivity contribution is 5.41. The number of alkyl halides is 1. The Bertz CT molecular complexity index is 467. The van der Waals surface area contributed by atoms with Crippen LogP contribution in [-0.4, -0.2) is 17.8 Å². The summed E-state index contributed by atoms with van der Waals surface area (Å²) in [5.74, 6) is -0.109. The van der Waals surface area contributed by atoms with Crippen LogP contribution in [-0.2, 0) is 0 Å². The van der Waals surface area contributed by atoms with Crippen molar-refractivity contribution in [2.45, 2.75) is 98.8 Å². The fourth-order valence-corrected chi connectivity index (χ4v) is 2.78. The van der Waals surface area contributed by atoms with Crippen LogP contribution in [0.5, 0.6) is 0 Å². The summed E-state index contributed by atoms with van der Waals surface area (Å²) in [6, 6.07) is -0.222. The lowest BCUT2D eigenvalue weighted by atomic mass is 9.93. The molecule has 0 bridgehead atoms. The number of allylic oxidation sites excluding steroid dienone is 5. The Kier molecular flexibility index (Phi) is 10.4. The smallest absolute Gasteiger partial charge is 0.129 e. The Labute approximate surface area is 148 Å². The minimum absolute atomic E-state index is 0.0563. The van der Waals surface area contributed by atoms with Crippen molar-refractivity contribution in [2.24, 2.45) is 0 Å². The average molecular weight is 342 g/mol. The molecular formula is C21H37F2N. The van der Waals surface area contributed by atoms with Gasteiger partial charge in [-0.3, -0.25) is 0 Å². The van der Waals surface area contributed by atoms with Crippen LogP contribution in [0.1, 0.15) is 81.1 Å². The van der Waals surface area contributed by atoms with Gasteiger partial charge in [-0.05, 0) is 77.0 Å². The lowest BCUT2D eigenvalue weighted by Gasteiger charge is -2.29. The van der Waals surface area contributed by atoms with Gasteiger partial charge in [-0.2, -0.15) is 0 Å². The van der Waals surface area contributed by atoms with Crippen molar-refractivity contribution in [3.05, 3.63) is 34.7 Å². The second-order valence-electron chi connectivity index (χ2n) is 6.89. The quantitative estimate of drug-likeness (QED) is 0.430. The largest absolute Gasteiger partial charge is 0.308 e. The van der Waals surface area contributed by atoms with E-state index in [9.17, 15) is 4.39 Å². The molecule has 0 fully saturated rings. The first-order valence-corrected chi connectivity index (χ1v) is 9.30. The van der Waals surface area contributed by atoms with Crippen LogP contribution < -0.4 is 5.32 Å². The first kappa shape index (κ1) is 23.0. The van der Waals surface area contributed by atoms with E-state index in [-0.39, 0.29) is 17.9 Å². The molecule has 0 rings (SSSR count). The maximum Gasteiger partial charge on any atom is 0.129 e. The molecule has 1 N–H and O–H groups in total. The van der Waals surface area contributed by atoms with Crippen molar-refractivity contribution in [3.63, 3.8) is 0 Å². The number of nitrogens with one attached hydrogen (secondary N) is 1. The molecule has 0 radical (unpaired) electrons. The van der Waals surface area contributed by atoms with Gasteiger partial charge in [-0.25, -0.2) is 8.78 Å². The van der Waals surface area contributed by atoms with E-state index in [0.717, 1.165) is 24.0 Å². The molecule has 0 amide bonds. The van der Waals surface area contributed by atoms with Gasteiger partial charge >= 0.3 is 0 Å². The van der Waals surface area contributed by atoms with Crippen molar-refractivity contribution in [3.8, 4) is 0 Å². The Morgan fingerprint density at radius 3 is 1.92 bits per heavy atom. The molecule has 0 aliphatic rings. The van der Waals surface area contributed by atoms with Gasteiger partial charge in [-0.15, -0.1) is 0 Å². The molecule has 0 aliphatic heterocycles. The van der Waals surface area contributed by atoms with Crippen molar-refractivity contribution in [1.29, 1.82) is 0 Å². The van der Waals surface area contributed by atoms with Crippen LogP contribution in [0.2, 0.25) is 0 Å². The standard InChI is InChI=1S/C21H37F2N/c1-9-16(10-2)19(13-5)20(22)17(11-3)14-18(12-4)24-15(6)21(7,8)23/h9,11,15,18,24H,10,12-14H2,1-8H3/b16-9-,17-11-,20-19-. The molecule has 0 spiro atoms. The number of rotatable bonds is 10. The Morgan fingerprint density at radius 1 is 1.04 bits per heavy atom. The summed E-state index contributed by atoms with van der Waals surface area (Å²) in [5, 5.41) is 3.32. The summed E-state index contributed by atoms with van der Waals surface area (Å²) in [7, 11) is 0. The van der Waals surface area contributed by atoms with E-state index in [4.69, 9.17) is 0 Å². The third-order valence-electron chi connectivity index (χ3n) is 4.84. The molecule has 140 valence electrons. The van der Waals surface area contributed by atoms with Crippen LogP contribution in [0.15, 0.2) is 34.7 Å². The van der Waals surface area contributed by atoms with Crippen molar-refractivity contribution < 1.29 is 8.78 Å². The Morgan fingerprint density at radius 2 is 1.58 bits per heavy atom. The van der Waals surface area contributed by atoms with E-state index in [2.05, 4.69) is 19.2 Å². The SMILES string of the molecule is C\C=C(CC(CC)NC(C)C(C)(C)F)/C(F)=C(CC)/C(=C\C)CC. The summed E-state index contributed by atoms with van der Waals surface area (Å²) in [6.45, 7) is 14.9. The molecule has 0 aliphatic carbocycles. The third kappa shape index (κ3) is 6.88. The maximum atomic E-state index is 15.1. The first-order chi connectivity index (χ1) is 11.2. The van der Waals surface area contributed by atoms with Gasteiger partial charge in [0.15, 0.2) is 0 Å². The molecule has 2 unspecified atom stereocenters. The van der Waals surface area contributed by atoms with Crippen molar-refractivity contribution in [2.75, 3.05) is 0 Å². The van der Waals surface area contributed by atoms with Crippen LogP contribution in [0.3, 0.4) is 0 Å². The van der Waals surface area contributed by atoms with E-state index in [1.54, 1.807) is 13.8 Å². The molecule has 1 nitrogen and oxygen atoms in total. The summed E-state index contributed by atoms with van der Waals surface area (Å²) < 4.78 is 29.2. The zero-order chi connectivity index (χ0) is 18.9. The molecule has 0 saturated carbocycles. The first-order valence-electron chi connectivity index (χ1n) is 9.30. The zero-order valence-corrected chi connectivity index (χ0v) is 16.9. The Hall–Kier alpha value is -0.960. The van der Waals surface area contributed by atoms with Crippen LogP contribution in [0.25, 0.3) is 0 Å². The molecule has 0 saturated heterocycles. The number of halogens is 2. The fourth-order valence-electron chi connectivity index (χ4n) is 2.78. The highest BCUT2D eigenvalue weighted by Crippen LogP contribution is 2.30. The Balaban J connectivity index is 5.40. The molecular weight excluding hydrogens is 304 g/mol. The topological polar surface area (TPSA) is 12.0 Å². The van der Waals surface area contributed by atoms with Crippen molar-refractivity contribution >= 4 is 0 Å². The molecule has 2 atom stereocenters. The van der Waals surface area contributed by atoms with Gasteiger partial charge < -0.3 is 5.32 Å². The van der Waals surface area contributed by atoms with Gasteiger partial charge in [0, 0.05) is 12.1 Å². The van der Waals surface area contributed by atoms with Gasteiger partial charge in [-0.1, -0.05) is 32.9 Å². The summed E-state index contributed by atoms with van der Waals surface area (Å²) in [6.07, 6.45) is 6.75. The lowest BCUT2D eigenvalue weighted by molar-refractivity contribution is 0.148. The number of hydrogen-bond donors (Lipinski definition) is 1. The molecule has 3 heteroatoms. The van der Waals surface area contributed by atoms with E-state index in [0.29, 0.717) is 18.4 Å². The lowest BCUT2D eigenvalue weighted by Crippen LogP contribution is -2.46. The van der Waals surface area contributed by atoms with Gasteiger partial charge in [0.1, 0.15) is 11.5 Å². The summed E-state index contributed by atoms with van der Waals surface area (Å²) in [4.78, 5) is 0. The second-order valence-corrected chi connectivity index (χ2v) is 6.89. The normalized spacial score (nSPS) is 17.6. The molecule has 24 heavy (non-hydrogen) atoms. The molecule has 0 aromatic heterocycles. The van der Waals surface area contributed by atoms with Gasteiger partial charge in [0.05, 0.1) is 0 Å². The zero-order valence-electron chi connectivity index (χ0n) is 16.9. The van der Waals surface area contributed by atoms with Crippen LogP contribution in [0.4, 0.5) is 8.78 Å². The highest BCUT2D eigenvalue weighted by atomic mass is 19.1. The van der Waals surface area contributed by atoms with Gasteiger partial charge in [0.25, 0.3) is 0 Å². The minimum atomic E-state index is -1.30. The molecule has 0 aromatic carbocycles. The van der Waals surface area contributed by atoms with E-state index in [1.807, 2.05) is 39.8 Å². The van der Waals surface area contributed by atoms with Crippen LogP contribution in [0, 0.1) is 0 Å². The third-order valence-corrected chi connectivity index (χ3v) is 4.84. The number of hydrogen-bond acceptors (Lipinski definition) is 1. The monoisotopic (exact) mass is 341 g/mol. The maximum absolute atomic E-state index is 15.1. The average Bonchev–Trinajstić information content (AvgIpc) is 2.54. The second kappa shape index (κ2) is 10.8. The van der Waals surface area contributed by atoms with E-state index >= 15 is 4.39 Å². The highest BCUT2D eigenvalue weighted by Gasteiger charge is 2.27.